The highest BCUT2D eigenvalue weighted by atomic mass is 35.5. The smallest absolute Gasteiger partial charge is 0.0537 e. The molecule has 0 aromatic carbocycles. The van der Waals surface area contributed by atoms with Gasteiger partial charge in [-0.1, -0.05) is 26.2 Å². The number of unbranched alkanes of at least 4 members (excludes halogenated alkanes) is 3. The van der Waals surface area contributed by atoms with Crippen LogP contribution in [-0.2, 0) is 6.54 Å². The van der Waals surface area contributed by atoms with Gasteiger partial charge in [-0.05, 0) is 33.7 Å². The molecule has 0 saturated carbocycles. The highest BCUT2D eigenvalue weighted by Crippen LogP contribution is 2.12. The normalized spacial score (nSPS) is 10.7. The summed E-state index contributed by atoms with van der Waals surface area (Å²) in [6.45, 7) is 10.8. The third-order valence-electron chi connectivity index (χ3n) is 3.16. The summed E-state index contributed by atoms with van der Waals surface area (Å²) in [6.07, 6.45) is 7.28. The average molecular weight is 274 g/mol. The summed E-state index contributed by atoms with van der Waals surface area (Å²) in [7, 11) is 0. The number of halogens is 1. The molecular weight excluding hydrogens is 246 g/mol. The zero-order chi connectivity index (χ0) is 12.7. The minimum Gasteiger partial charge on any atom is -0.313 e. The van der Waals surface area contributed by atoms with E-state index in [2.05, 4.69) is 42.8 Å². The summed E-state index contributed by atoms with van der Waals surface area (Å²) in [5, 5.41) is 7.92. The highest BCUT2D eigenvalue weighted by Gasteiger charge is 2.07. The van der Waals surface area contributed by atoms with Crippen molar-refractivity contribution in [3.05, 3.63) is 17.5 Å². The Morgan fingerprint density at radius 3 is 2.56 bits per heavy atom. The Balaban J connectivity index is 0.00000289. The SMILES string of the molecule is CCCCCCNCc1cnn(C(C)C)c1C.Cl. The van der Waals surface area contributed by atoms with E-state index >= 15 is 0 Å². The Morgan fingerprint density at radius 2 is 2.00 bits per heavy atom. The van der Waals surface area contributed by atoms with Gasteiger partial charge in [0.15, 0.2) is 0 Å². The summed E-state index contributed by atoms with van der Waals surface area (Å²) in [4.78, 5) is 0. The van der Waals surface area contributed by atoms with Gasteiger partial charge in [-0.3, -0.25) is 4.68 Å². The molecule has 1 aromatic rings. The first-order valence-corrected chi connectivity index (χ1v) is 6.90. The van der Waals surface area contributed by atoms with Gasteiger partial charge in [-0.2, -0.15) is 5.10 Å². The largest absolute Gasteiger partial charge is 0.313 e. The summed E-state index contributed by atoms with van der Waals surface area (Å²) >= 11 is 0. The van der Waals surface area contributed by atoms with Crippen LogP contribution in [0.2, 0.25) is 0 Å². The first kappa shape index (κ1) is 17.5. The number of hydrogen-bond acceptors (Lipinski definition) is 2. The molecule has 1 aromatic heterocycles. The van der Waals surface area contributed by atoms with Crippen molar-refractivity contribution in [2.45, 2.75) is 66.0 Å². The Kier molecular flexibility index (Phi) is 9.12. The fourth-order valence-electron chi connectivity index (χ4n) is 2.05. The van der Waals surface area contributed by atoms with Gasteiger partial charge < -0.3 is 5.32 Å². The summed E-state index contributed by atoms with van der Waals surface area (Å²) in [5.41, 5.74) is 2.62. The lowest BCUT2D eigenvalue weighted by atomic mass is 10.2. The van der Waals surface area contributed by atoms with E-state index in [-0.39, 0.29) is 12.4 Å². The van der Waals surface area contributed by atoms with E-state index in [1.165, 1.54) is 36.9 Å². The number of hydrogen-bond donors (Lipinski definition) is 1. The van der Waals surface area contributed by atoms with Crippen molar-refractivity contribution in [2.24, 2.45) is 0 Å². The second kappa shape index (κ2) is 9.40. The molecule has 0 unspecified atom stereocenters. The van der Waals surface area contributed by atoms with E-state index in [0.717, 1.165) is 13.1 Å². The van der Waals surface area contributed by atoms with E-state index in [0.29, 0.717) is 6.04 Å². The molecular formula is C14H28ClN3. The quantitative estimate of drug-likeness (QED) is 0.729. The monoisotopic (exact) mass is 273 g/mol. The van der Waals surface area contributed by atoms with Crippen LogP contribution in [0, 0.1) is 6.92 Å². The van der Waals surface area contributed by atoms with Crippen molar-refractivity contribution in [3.8, 4) is 0 Å². The van der Waals surface area contributed by atoms with Crippen molar-refractivity contribution in [2.75, 3.05) is 6.54 Å². The molecule has 0 saturated heterocycles. The molecule has 4 heteroatoms. The van der Waals surface area contributed by atoms with Crippen LogP contribution in [0.3, 0.4) is 0 Å². The number of nitrogens with one attached hydrogen (secondary N) is 1. The van der Waals surface area contributed by atoms with Gasteiger partial charge >= 0.3 is 0 Å². The first-order chi connectivity index (χ1) is 8.16. The Hall–Kier alpha value is -0.540. The highest BCUT2D eigenvalue weighted by molar-refractivity contribution is 5.85. The lowest BCUT2D eigenvalue weighted by Crippen LogP contribution is -2.15. The molecule has 106 valence electrons. The second-order valence-corrected chi connectivity index (χ2v) is 5.03. The second-order valence-electron chi connectivity index (χ2n) is 5.03. The maximum absolute atomic E-state index is 4.42. The molecule has 0 spiro atoms. The maximum atomic E-state index is 4.42. The summed E-state index contributed by atoms with van der Waals surface area (Å²) < 4.78 is 2.09. The van der Waals surface area contributed by atoms with Crippen LogP contribution in [-0.4, -0.2) is 16.3 Å². The number of rotatable bonds is 8. The van der Waals surface area contributed by atoms with Gasteiger partial charge in [0.2, 0.25) is 0 Å². The molecule has 1 rings (SSSR count). The third kappa shape index (κ3) is 5.40. The first-order valence-electron chi connectivity index (χ1n) is 6.90. The molecule has 0 atom stereocenters. The predicted molar refractivity (Wildman–Crippen MR) is 80.4 cm³/mol. The molecule has 0 amide bonds. The van der Waals surface area contributed by atoms with Crippen molar-refractivity contribution in [1.82, 2.24) is 15.1 Å². The van der Waals surface area contributed by atoms with Crippen LogP contribution >= 0.6 is 12.4 Å². The molecule has 0 aliphatic carbocycles. The lowest BCUT2D eigenvalue weighted by molar-refractivity contribution is 0.517. The van der Waals surface area contributed by atoms with Gasteiger partial charge in [0.25, 0.3) is 0 Å². The van der Waals surface area contributed by atoms with Crippen molar-refractivity contribution < 1.29 is 0 Å². The molecule has 1 heterocycles. The summed E-state index contributed by atoms with van der Waals surface area (Å²) in [5.74, 6) is 0. The van der Waals surface area contributed by atoms with Crippen LogP contribution in [0.25, 0.3) is 0 Å². The Labute approximate surface area is 118 Å². The van der Waals surface area contributed by atoms with Crippen LogP contribution in [0.1, 0.15) is 63.8 Å². The standard InChI is InChI=1S/C14H27N3.ClH/c1-5-6-7-8-9-15-10-14-11-16-17(12(2)3)13(14)4;/h11-12,15H,5-10H2,1-4H3;1H. The van der Waals surface area contributed by atoms with Gasteiger partial charge in [-0.15, -0.1) is 12.4 Å². The average Bonchev–Trinajstić information content (AvgIpc) is 2.65. The van der Waals surface area contributed by atoms with E-state index < -0.39 is 0 Å². The van der Waals surface area contributed by atoms with Crippen LogP contribution < -0.4 is 5.32 Å². The van der Waals surface area contributed by atoms with Gasteiger partial charge in [0.05, 0.1) is 6.20 Å². The Bertz CT molecular complexity index is 321. The fourth-order valence-corrected chi connectivity index (χ4v) is 2.05. The molecule has 0 radical (unpaired) electrons. The minimum atomic E-state index is 0. The predicted octanol–water partition coefficient (Wildman–Crippen LogP) is 3.86. The van der Waals surface area contributed by atoms with Crippen molar-refractivity contribution >= 4 is 12.4 Å². The zero-order valence-electron chi connectivity index (χ0n) is 12.2. The summed E-state index contributed by atoms with van der Waals surface area (Å²) in [6, 6.07) is 0.452. The van der Waals surface area contributed by atoms with E-state index in [1.54, 1.807) is 0 Å². The van der Waals surface area contributed by atoms with Gasteiger partial charge in [0.1, 0.15) is 0 Å². The minimum absolute atomic E-state index is 0. The molecule has 0 aliphatic heterocycles. The molecule has 18 heavy (non-hydrogen) atoms. The molecule has 0 bridgehead atoms. The maximum Gasteiger partial charge on any atom is 0.0537 e. The van der Waals surface area contributed by atoms with Crippen molar-refractivity contribution in [3.63, 3.8) is 0 Å². The molecule has 1 N–H and O–H groups in total. The number of aromatic nitrogens is 2. The van der Waals surface area contributed by atoms with E-state index in [1.807, 2.05) is 6.20 Å². The topological polar surface area (TPSA) is 29.9 Å². The van der Waals surface area contributed by atoms with Crippen LogP contribution in [0.15, 0.2) is 6.20 Å². The van der Waals surface area contributed by atoms with Gasteiger partial charge in [0, 0.05) is 23.8 Å². The third-order valence-corrected chi connectivity index (χ3v) is 3.16. The van der Waals surface area contributed by atoms with Crippen molar-refractivity contribution in [1.29, 1.82) is 0 Å². The number of nitrogens with zero attached hydrogens (tertiary/aromatic N) is 2. The lowest BCUT2D eigenvalue weighted by Gasteiger charge is -2.09. The van der Waals surface area contributed by atoms with Gasteiger partial charge in [-0.25, -0.2) is 0 Å². The molecule has 0 aliphatic rings. The molecule has 0 fully saturated rings. The van der Waals surface area contributed by atoms with Crippen LogP contribution in [0.5, 0.6) is 0 Å². The van der Waals surface area contributed by atoms with E-state index in [9.17, 15) is 0 Å². The fraction of sp³-hybridized carbons (Fsp3) is 0.786. The van der Waals surface area contributed by atoms with Crippen LogP contribution in [0.4, 0.5) is 0 Å². The zero-order valence-corrected chi connectivity index (χ0v) is 13.0. The molecule has 3 nitrogen and oxygen atoms in total. The Morgan fingerprint density at radius 1 is 1.28 bits per heavy atom. The van der Waals surface area contributed by atoms with E-state index in [4.69, 9.17) is 0 Å².